The van der Waals surface area contributed by atoms with Crippen LogP contribution in [0, 0.1) is 0 Å². The third kappa shape index (κ3) is 4.09. The Morgan fingerprint density at radius 3 is 2.45 bits per heavy atom. The molecule has 1 aromatic carbocycles. The van der Waals surface area contributed by atoms with Gasteiger partial charge in [0.2, 0.25) is 6.10 Å². The van der Waals surface area contributed by atoms with E-state index in [9.17, 15) is 9.59 Å². The van der Waals surface area contributed by atoms with Crippen LogP contribution < -0.4 is 0 Å². The third-order valence-electron chi connectivity index (χ3n) is 2.93. The molecule has 0 bridgehead atoms. The highest BCUT2D eigenvalue weighted by Crippen LogP contribution is 2.20. The normalized spacial score (nSPS) is 12.1. The lowest BCUT2D eigenvalue weighted by molar-refractivity contribution is -0.155. The summed E-state index contributed by atoms with van der Waals surface area (Å²) in [7, 11) is 3.23. The molecule has 0 aliphatic carbocycles. The van der Waals surface area contributed by atoms with Crippen molar-refractivity contribution in [2.45, 2.75) is 6.10 Å². The van der Waals surface area contributed by atoms with Gasteiger partial charge in [-0.3, -0.25) is 4.79 Å². The summed E-state index contributed by atoms with van der Waals surface area (Å²) in [5.41, 5.74) is 0.626. The van der Waals surface area contributed by atoms with Crippen LogP contribution in [0.5, 0.6) is 0 Å². The monoisotopic (exact) mass is 299 g/mol. The summed E-state index contributed by atoms with van der Waals surface area (Å²) in [6.45, 7) is 0. The molecule has 5 heteroatoms. The second-order valence-electron chi connectivity index (χ2n) is 4.81. The van der Waals surface area contributed by atoms with Crippen LogP contribution in [0.15, 0.2) is 59.2 Å². The molecular formula is C17H17NO4. The number of esters is 1. The van der Waals surface area contributed by atoms with E-state index in [-0.39, 0.29) is 5.91 Å². The van der Waals surface area contributed by atoms with E-state index < -0.39 is 12.1 Å². The molecule has 0 N–H and O–H groups in total. The molecule has 2 aromatic rings. The average Bonchev–Trinajstić information content (AvgIpc) is 3.04. The van der Waals surface area contributed by atoms with E-state index in [0.717, 1.165) is 0 Å². The van der Waals surface area contributed by atoms with Crippen LogP contribution in [0.1, 0.15) is 17.4 Å². The van der Waals surface area contributed by atoms with Crippen molar-refractivity contribution in [3.63, 3.8) is 0 Å². The highest BCUT2D eigenvalue weighted by molar-refractivity contribution is 5.90. The standard InChI is InChI=1S/C17H17NO4/c1-18(2)17(20)16(13-7-4-3-5-8-13)22-15(19)11-10-14-9-6-12-21-14/h3-12,16H,1-2H3/b11-10+/t16-/m0/s1. The van der Waals surface area contributed by atoms with Crippen LogP contribution in [0.2, 0.25) is 0 Å². The molecule has 0 unspecified atom stereocenters. The molecule has 0 aliphatic rings. The number of hydrogen-bond acceptors (Lipinski definition) is 4. The highest BCUT2D eigenvalue weighted by atomic mass is 16.5. The molecule has 0 spiro atoms. The van der Waals surface area contributed by atoms with Gasteiger partial charge in [-0.1, -0.05) is 30.3 Å². The molecule has 0 saturated heterocycles. The SMILES string of the molecule is CN(C)C(=O)[C@@H](OC(=O)/C=C/c1ccco1)c1ccccc1. The van der Waals surface area contributed by atoms with Gasteiger partial charge in [0.25, 0.3) is 5.91 Å². The largest absolute Gasteiger partial charge is 0.465 e. The Balaban J connectivity index is 2.13. The summed E-state index contributed by atoms with van der Waals surface area (Å²) < 4.78 is 10.4. The molecule has 0 fully saturated rings. The van der Waals surface area contributed by atoms with Gasteiger partial charge in [-0.2, -0.15) is 0 Å². The first-order valence-electron chi connectivity index (χ1n) is 6.76. The predicted octanol–water partition coefficient (Wildman–Crippen LogP) is 2.67. The van der Waals surface area contributed by atoms with E-state index in [4.69, 9.17) is 9.15 Å². The second kappa shape index (κ2) is 7.26. The summed E-state index contributed by atoms with van der Waals surface area (Å²) in [6.07, 6.45) is 3.26. The molecule has 1 aromatic heterocycles. The number of furan rings is 1. The van der Waals surface area contributed by atoms with Crippen molar-refractivity contribution in [2.75, 3.05) is 14.1 Å². The topological polar surface area (TPSA) is 59.8 Å². The van der Waals surface area contributed by atoms with Gasteiger partial charge in [0.05, 0.1) is 6.26 Å². The Morgan fingerprint density at radius 2 is 1.86 bits per heavy atom. The smallest absolute Gasteiger partial charge is 0.332 e. The lowest BCUT2D eigenvalue weighted by Crippen LogP contribution is -2.30. The molecule has 1 atom stereocenters. The van der Waals surface area contributed by atoms with Gasteiger partial charge < -0.3 is 14.1 Å². The zero-order chi connectivity index (χ0) is 15.9. The summed E-state index contributed by atoms with van der Waals surface area (Å²) >= 11 is 0. The summed E-state index contributed by atoms with van der Waals surface area (Å²) in [5, 5.41) is 0. The number of carbonyl (C=O) groups excluding carboxylic acids is 2. The number of likely N-dealkylation sites (N-methyl/N-ethyl adjacent to an activating group) is 1. The summed E-state index contributed by atoms with van der Waals surface area (Å²) in [4.78, 5) is 25.5. The number of amides is 1. The number of benzene rings is 1. The van der Waals surface area contributed by atoms with Crippen molar-refractivity contribution in [3.8, 4) is 0 Å². The fourth-order valence-electron chi connectivity index (χ4n) is 1.82. The minimum Gasteiger partial charge on any atom is -0.465 e. The Hall–Kier alpha value is -2.82. The van der Waals surface area contributed by atoms with Gasteiger partial charge in [-0.25, -0.2) is 4.79 Å². The van der Waals surface area contributed by atoms with Crippen LogP contribution in [-0.2, 0) is 14.3 Å². The first kappa shape index (κ1) is 15.6. The maximum atomic E-state index is 12.2. The summed E-state index contributed by atoms with van der Waals surface area (Å²) in [5.74, 6) is -0.376. The van der Waals surface area contributed by atoms with Crippen molar-refractivity contribution >= 4 is 18.0 Å². The molecule has 0 aliphatic heterocycles. The van der Waals surface area contributed by atoms with Crippen molar-refractivity contribution in [3.05, 3.63) is 66.1 Å². The van der Waals surface area contributed by atoms with E-state index in [0.29, 0.717) is 11.3 Å². The molecule has 22 heavy (non-hydrogen) atoms. The Morgan fingerprint density at radius 1 is 1.14 bits per heavy atom. The van der Waals surface area contributed by atoms with Gasteiger partial charge in [-0.15, -0.1) is 0 Å². The van der Waals surface area contributed by atoms with E-state index in [2.05, 4.69) is 0 Å². The number of nitrogens with zero attached hydrogens (tertiary/aromatic N) is 1. The fourth-order valence-corrected chi connectivity index (χ4v) is 1.82. The van der Waals surface area contributed by atoms with Gasteiger partial charge >= 0.3 is 5.97 Å². The number of hydrogen-bond donors (Lipinski definition) is 0. The van der Waals surface area contributed by atoms with Crippen LogP contribution in [0.4, 0.5) is 0 Å². The quantitative estimate of drug-likeness (QED) is 0.629. The van der Waals surface area contributed by atoms with E-state index >= 15 is 0 Å². The molecular weight excluding hydrogens is 282 g/mol. The summed E-state index contributed by atoms with van der Waals surface area (Å²) in [6, 6.07) is 12.3. The number of ether oxygens (including phenoxy) is 1. The van der Waals surface area contributed by atoms with Gasteiger partial charge in [-0.05, 0) is 18.2 Å². The van der Waals surface area contributed by atoms with Crippen molar-refractivity contribution in [1.82, 2.24) is 4.90 Å². The first-order valence-corrected chi connectivity index (χ1v) is 6.76. The third-order valence-corrected chi connectivity index (χ3v) is 2.93. The lowest BCUT2D eigenvalue weighted by atomic mass is 10.1. The fraction of sp³-hybridized carbons (Fsp3) is 0.176. The van der Waals surface area contributed by atoms with Gasteiger partial charge in [0.1, 0.15) is 5.76 Å². The Labute approximate surface area is 128 Å². The maximum Gasteiger partial charge on any atom is 0.332 e. The van der Waals surface area contributed by atoms with Crippen molar-refractivity contribution < 1.29 is 18.7 Å². The first-order chi connectivity index (χ1) is 10.6. The number of carbonyl (C=O) groups is 2. The van der Waals surface area contributed by atoms with Crippen LogP contribution in [0.25, 0.3) is 6.08 Å². The van der Waals surface area contributed by atoms with E-state index in [1.807, 2.05) is 6.07 Å². The molecule has 2 rings (SSSR count). The molecule has 114 valence electrons. The second-order valence-corrected chi connectivity index (χ2v) is 4.81. The predicted molar refractivity (Wildman–Crippen MR) is 81.7 cm³/mol. The van der Waals surface area contributed by atoms with E-state index in [1.54, 1.807) is 50.5 Å². The zero-order valence-corrected chi connectivity index (χ0v) is 12.4. The molecule has 5 nitrogen and oxygen atoms in total. The van der Waals surface area contributed by atoms with Gasteiger partial charge in [0, 0.05) is 25.7 Å². The lowest BCUT2D eigenvalue weighted by Gasteiger charge is -2.20. The molecule has 0 radical (unpaired) electrons. The number of rotatable bonds is 5. The van der Waals surface area contributed by atoms with Crippen molar-refractivity contribution in [2.24, 2.45) is 0 Å². The van der Waals surface area contributed by atoms with Gasteiger partial charge in [0.15, 0.2) is 0 Å². The van der Waals surface area contributed by atoms with Crippen molar-refractivity contribution in [1.29, 1.82) is 0 Å². The molecule has 0 saturated carbocycles. The van der Waals surface area contributed by atoms with Crippen LogP contribution in [-0.4, -0.2) is 30.9 Å². The average molecular weight is 299 g/mol. The maximum absolute atomic E-state index is 12.2. The minimum absolute atomic E-state index is 0.300. The molecule has 1 amide bonds. The van der Waals surface area contributed by atoms with E-state index in [1.165, 1.54) is 23.3 Å². The zero-order valence-electron chi connectivity index (χ0n) is 12.4. The molecule has 1 heterocycles. The minimum atomic E-state index is -0.968. The highest BCUT2D eigenvalue weighted by Gasteiger charge is 2.25. The Kier molecular flexibility index (Phi) is 5.14. The van der Waals surface area contributed by atoms with Crippen LogP contribution >= 0.6 is 0 Å². The Bertz CT molecular complexity index is 645. The van der Waals surface area contributed by atoms with Crippen LogP contribution in [0.3, 0.4) is 0 Å².